The molecule has 2 rings (SSSR count). The number of amides is 1. The van der Waals surface area contributed by atoms with Gasteiger partial charge in [0, 0.05) is 11.8 Å². The van der Waals surface area contributed by atoms with Crippen molar-refractivity contribution in [2.45, 2.75) is 45.3 Å². The molecule has 1 atom stereocenters. The standard InChI is InChI=1S/C24H30BrNO6/c1-3-24(22(28)30-4-2,17-19-11-13-21(27)14-12-19)26(32-16-8-15-25)23(29)31-18-20-9-6-5-7-10-20/h5-7,9-14,27H,3-4,8,15-18H2,1-2H3/t24-/m0/s1. The smallest absolute Gasteiger partial charge is 0.435 e. The maximum Gasteiger partial charge on any atom is 0.435 e. The maximum absolute atomic E-state index is 13.2. The van der Waals surface area contributed by atoms with Crippen LogP contribution in [0, 0.1) is 0 Å². The fourth-order valence-electron chi connectivity index (χ4n) is 3.20. The number of hydrogen-bond acceptors (Lipinski definition) is 6. The summed E-state index contributed by atoms with van der Waals surface area (Å²) in [6.07, 6.45) is 0.237. The zero-order chi connectivity index (χ0) is 23.4. The number of carbonyl (C=O) groups is 2. The van der Waals surface area contributed by atoms with Gasteiger partial charge in [-0.15, -0.1) is 0 Å². The van der Waals surface area contributed by atoms with Gasteiger partial charge in [-0.25, -0.2) is 9.59 Å². The molecule has 2 aromatic rings. The number of aromatic hydroxyl groups is 1. The summed E-state index contributed by atoms with van der Waals surface area (Å²) >= 11 is 3.35. The van der Waals surface area contributed by atoms with Gasteiger partial charge < -0.3 is 14.6 Å². The van der Waals surface area contributed by atoms with Crippen LogP contribution in [-0.4, -0.2) is 46.3 Å². The molecule has 8 heteroatoms. The molecule has 32 heavy (non-hydrogen) atoms. The Morgan fingerprint density at radius 1 is 1.00 bits per heavy atom. The molecule has 0 bridgehead atoms. The summed E-state index contributed by atoms with van der Waals surface area (Å²) in [5.74, 6) is -0.467. The Hall–Kier alpha value is -2.58. The first kappa shape index (κ1) is 25.7. The predicted octanol–water partition coefficient (Wildman–Crippen LogP) is 5.00. The number of rotatable bonds is 12. The summed E-state index contributed by atoms with van der Waals surface area (Å²) in [6.45, 7) is 3.91. The second-order valence-corrected chi connectivity index (χ2v) is 7.95. The van der Waals surface area contributed by atoms with Crippen LogP contribution in [0.5, 0.6) is 5.75 Å². The van der Waals surface area contributed by atoms with Gasteiger partial charge in [0.2, 0.25) is 0 Å². The Labute approximate surface area is 197 Å². The molecule has 0 aliphatic rings. The van der Waals surface area contributed by atoms with Crippen LogP contribution in [0.2, 0.25) is 0 Å². The molecule has 0 saturated carbocycles. The Kier molecular flexibility index (Phi) is 10.5. The third-order valence-corrected chi connectivity index (χ3v) is 5.49. The van der Waals surface area contributed by atoms with Gasteiger partial charge in [-0.3, -0.25) is 4.84 Å². The molecule has 0 aliphatic heterocycles. The molecule has 0 unspecified atom stereocenters. The number of nitrogens with zero attached hydrogens (tertiary/aromatic N) is 1. The highest BCUT2D eigenvalue weighted by Gasteiger charge is 2.49. The minimum Gasteiger partial charge on any atom is -0.508 e. The number of alkyl halides is 1. The van der Waals surface area contributed by atoms with Crippen LogP contribution in [0.1, 0.15) is 37.8 Å². The molecular weight excluding hydrogens is 478 g/mol. The monoisotopic (exact) mass is 507 g/mol. The number of halogens is 1. The fourth-order valence-corrected chi connectivity index (χ4v) is 3.42. The average Bonchev–Trinajstić information content (AvgIpc) is 2.81. The van der Waals surface area contributed by atoms with Crippen LogP contribution in [-0.2, 0) is 32.1 Å². The SMILES string of the molecule is CCOC(=O)[C@](CC)(Cc1ccc(O)cc1)N(OCCCBr)C(=O)OCc1ccccc1. The van der Waals surface area contributed by atoms with E-state index in [2.05, 4.69) is 15.9 Å². The van der Waals surface area contributed by atoms with E-state index in [-0.39, 0.29) is 38.4 Å². The first-order valence-corrected chi connectivity index (χ1v) is 11.7. The van der Waals surface area contributed by atoms with E-state index < -0.39 is 17.6 Å². The Bertz CT molecular complexity index is 845. The second-order valence-electron chi connectivity index (χ2n) is 7.16. The highest BCUT2D eigenvalue weighted by Crippen LogP contribution is 2.29. The van der Waals surface area contributed by atoms with E-state index >= 15 is 0 Å². The highest BCUT2D eigenvalue weighted by atomic mass is 79.9. The number of phenols is 1. The first-order chi connectivity index (χ1) is 15.5. The van der Waals surface area contributed by atoms with Gasteiger partial charge in [-0.2, -0.15) is 5.06 Å². The van der Waals surface area contributed by atoms with Crippen LogP contribution < -0.4 is 0 Å². The van der Waals surface area contributed by atoms with Gasteiger partial charge in [0.05, 0.1) is 13.2 Å². The van der Waals surface area contributed by atoms with E-state index in [1.165, 1.54) is 12.1 Å². The zero-order valence-electron chi connectivity index (χ0n) is 18.5. The summed E-state index contributed by atoms with van der Waals surface area (Å²) in [7, 11) is 0. The minimum atomic E-state index is -1.44. The van der Waals surface area contributed by atoms with Crippen molar-refractivity contribution in [3.8, 4) is 5.75 Å². The lowest BCUT2D eigenvalue weighted by Gasteiger charge is -2.39. The zero-order valence-corrected chi connectivity index (χ0v) is 20.0. The summed E-state index contributed by atoms with van der Waals surface area (Å²) in [6, 6.07) is 15.7. The lowest BCUT2D eigenvalue weighted by Crippen LogP contribution is -2.59. The quantitative estimate of drug-likeness (QED) is 0.188. The number of esters is 1. The molecular formula is C24H30BrNO6. The largest absolute Gasteiger partial charge is 0.508 e. The second kappa shape index (κ2) is 13.1. The third-order valence-electron chi connectivity index (χ3n) is 4.93. The highest BCUT2D eigenvalue weighted by molar-refractivity contribution is 9.09. The molecule has 174 valence electrons. The van der Waals surface area contributed by atoms with E-state index in [1.807, 2.05) is 30.3 Å². The summed E-state index contributed by atoms with van der Waals surface area (Å²) in [4.78, 5) is 32.2. The Morgan fingerprint density at radius 3 is 2.28 bits per heavy atom. The lowest BCUT2D eigenvalue weighted by molar-refractivity contribution is -0.214. The van der Waals surface area contributed by atoms with E-state index in [9.17, 15) is 14.7 Å². The van der Waals surface area contributed by atoms with Crippen LogP contribution in [0.4, 0.5) is 4.79 Å². The average molecular weight is 508 g/mol. The number of hydrogen-bond donors (Lipinski definition) is 1. The number of hydroxylamine groups is 2. The molecule has 0 spiro atoms. The van der Waals surface area contributed by atoms with Crippen molar-refractivity contribution >= 4 is 28.0 Å². The number of phenolic OH excluding ortho intramolecular Hbond substituents is 1. The van der Waals surface area contributed by atoms with E-state index in [4.69, 9.17) is 14.3 Å². The number of ether oxygens (including phenoxy) is 2. The van der Waals surface area contributed by atoms with Crippen molar-refractivity contribution in [3.05, 3.63) is 65.7 Å². The van der Waals surface area contributed by atoms with Crippen molar-refractivity contribution < 1.29 is 29.0 Å². The van der Waals surface area contributed by atoms with Gasteiger partial charge >= 0.3 is 12.1 Å². The lowest BCUT2D eigenvalue weighted by atomic mass is 9.87. The molecule has 0 aliphatic carbocycles. The third kappa shape index (κ3) is 6.97. The molecule has 0 radical (unpaired) electrons. The number of carbonyl (C=O) groups excluding carboxylic acids is 2. The normalized spacial score (nSPS) is 12.6. The summed E-state index contributed by atoms with van der Waals surface area (Å²) in [5, 5.41) is 11.3. The first-order valence-electron chi connectivity index (χ1n) is 10.6. The van der Waals surface area contributed by atoms with Crippen molar-refractivity contribution in [2.24, 2.45) is 0 Å². The molecule has 2 aromatic carbocycles. The van der Waals surface area contributed by atoms with E-state index in [0.717, 1.165) is 16.2 Å². The molecule has 0 heterocycles. The van der Waals surface area contributed by atoms with Gasteiger partial charge in [0.25, 0.3) is 0 Å². The Balaban J connectivity index is 2.37. The minimum absolute atomic E-state index is 0.0415. The van der Waals surface area contributed by atoms with Crippen molar-refractivity contribution in [1.82, 2.24) is 5.06 Å². The van der Waals surface area contributed by atoms with Crippen molar-refractivity contribution in [1.29, 1.82) is 0 Å². The topological polar surface area (TPSA) is 85.3 Å². The van der Waals surface area contributed by atoms with Crippen molar-refractivity contribution in [3.63, 3.8) is 0 Å². The molecule has 0 saturated heterocycles. The van der Waals surface area contributed by atoms with Crippen LogP contribution in [0.15, 0.2) is 54.6 Å². The van der Waals surface area contributed by atoms with E-state index in [1.54, 1.807) is 26.0 Å². The molecule has 0 fully saturated rings. The molecule has 7 nitrogen and oxygen atoms in total. The van der Waals surface area contributed by atoms with Crippen molar-refractivity contribution in [2.75, 3.05) is 18.5 Å². The summed E-state index contributed by atoms with van der Waals surface area (Å²) in [5.41, 5.74) is 0.119. The van der Waals surface area contributed by atoms with Gasteiger partial charge in [0.1, 0.15) is 12.4 Å². The van der Waals surface area contributed by atoms with Crippen LogP contribution >= 0.6 is 15.9 Å². The van der Waals surface area contributed by atoms with Gasteiger partial charge in [-0.1, -0.05) is 65.3 Å². The van der Waals surface area contributed by atoms with Gasteiger partial charge in [-0.05, 0) is 43.0 Å². The Morgan fingerprint density at radius 2 is 1.69 bits per heavy atom. The molecule has 1 N–H and O–H groups in total. The summed E-state index contributed by atoms with van der Waals surface area (Å²) < 4.78 is 10.9. The maximum atomic E-state index is 13.2. The molecule has 1 amide bonds. The fraction of sp³-hybridized carbons (Fsp3) is 0.417. The molecule has 0 aromatic heterocycles. The van der Waals surface area contributed by atoms with E-state index in [0.29, 0.717) is 11.8 Å². The van der Waals surface area contributed by atoms with Crippen LogP contribution in [0.25, 0.3) is 0 Å². The predicted molar refractivity (Wildman–Crippen MR) is 124 cm³/mol. The van der Waals surface area contributed by atoms with Crippen LogP contribution in [0.3, 0.4) is 0 Å². The van der Waals surface area contributed by atoms with Gasteiger partial charge in [0.15, 0.2) is 5.54 Å². The number of benzene rings is 2.